The van der Waals surface area contributed by atoms with Crippen molar-refractivity contribution in [2.75, 3.05) is 0 Å². The molecule has 1 heterocycles. The molecule has 0 N–H and O–H groups in total. The van der Waals surface area contributed by atoms with Crippen LogP contribution in [0.2, 0.25) is 0 Å². The summed E-state index contributed by atoms with van der Waals surface area (Å²) in [5.41, 5.74) is 0. The van der Waals surface area contributed by atoms with E-state index < -0.39 is 10.9 Å². The van der Waals surface area contributed by atoms with Crippen LogP contribution in [-0.2, 0) is 4.79 Å². The maximum Gasteiger partial charge on any atom is 0.199 e. The Labute approximate surface area is 76.2 Å². The highest BCUT2D eigenvalue weighted by molar-refractivity contribution is 8.34. The minimum absolute atomic E-state index is 0.225. The van der Waals surface area contributed by atoms with Gasteiger partial charge >= 0.3 is 0 Å². The monoisotopic (exact) mass is 181 g/mol. The van der Waals surface area contributed by atoms with Crippen molar-refractivity contribution in [3.63, 3.8) is 0 Å². The van der Waals surface area contributed by atoms with Crippen LogP contribution in [0.5, 0.6) is 0 Å². The van der Waals surface area contributed by atoms with Crippen LogP contribution in [-0.4, -0.2) is 5.12 Å². The fourth-order valence-electron chi connectivity index (χ4n) is 0.870. The normalized spacial score (nSPS) is 17.9. The lowest BCUT2D eigenvalue weighted by Gasteiger charge is -2.02. The van der Waals surface area contributed by atoms with Crippen LogP contribution < -0.4 is 0 Å². The first-order valence-corrected chi connectivity index (χ1v) is 5.45. The quantitative estimate of drug-likeness (QED) is 0.523. The highest BCUT2D eigenvalue weighted by atomic mass is 32.2. The number of rotatable bonds is 3. The van der Waals surface area contributed by atoms with E-state index in [2.05, 4.69) is 6.92 Å². The Morgan fingerprint density at radius 2 is 2.08 bits per heavy atom. The van der Waals surface area contributed by atoms with Gasteiger partial charge in [-0.15, -0.1) is 10.9 Å². The molecule has 12 heavy (non-hydrogen) atoms. The van der Waals surface area contributed by atoms with Crippen molar-refractivity contribution < 1.29 is 4.79 Å². The van der Waals surface area contributed by atoms with E-state index in [9.17, 15) is 4.79 Å². The third-order valence-electron chi connectivity index (χ3n) is 1.49. The molecule has 0 unspecified atom stereocenters. The van der Waals surface area contributed by atoms with E-state index in [0.717, 1.165) is 12.8 Å². The summed E-state index contributed by atoms with van der Waals surface area (Å²) in [5.74, 6) is 0. The average molecular weight is 181 g/mol. The Hall–Kier alpha value is -0.760. The molecule has 1 aliphatic rings. The highest BCUT2D eigenvalue weighted by Crippen LogP contribution is 2.33. The van der Waals surface area contributed by atoms with Crippen molar-refractivity contribution >= 4 is 16.0 Å². The van der Waals surface area contributed by atoms with Crippen molar-refractivity contribution in [3.8, 4) is 0 Å². The van der Waals surface area contributed by atoms with Crippen LogP contribution in [0.1, 0.15) is 12.8 Å². The van der Waals surface area contributed by atoms with Gasteiger partial charge in [0.15, 0.2) is 5.12 Å². The standard InChI is InChI=1S/C10H13OS/c1-2-3-4-7-10(11)12-8-5-6-9-12/h4-9,12H,1-3H2. The molecule has 0 atom stereocenters. The lowest BCUT2D eigenvalue weighted by molar-refractivity contribution is -0.107. The first-order valence-electron chi connectivity index (χ1n) is 3.97. The summed E-state index contributed by atoms with van der Waals surface area (Å²) >= 11 is 0. The van der Waals surface area contributed by atoms with Crippen LogP contribution >= 0.6 is 10.9 Å². The summed E-state index contributed by atoms with van der Waals surface area (Å²) in [6.45, 7) is 3.69. The Balaban J connectivity index is 2.38. The minimum Gasteiger partial charge on any atom is -0.284 e. The van der Waals surface area contributed by atoms with E-state index >= 15 is 0 Å². The molecular weight excluding hydrogens is 168 g/mol. The first kappa shape index (κ1) is 9.33. The zero-order valence-corrected chi connectivity index (χ0v) is 7.84. The number of thiol groups is 1. The molecule has 0 aliphatic carbocycles. The van der Waals surface area contributed by atoms with Gasteiger partial charge in [0, 0.05) is 0 Å². The second kappa shape index (κ2) is 4.99. The van der Waals surface area contributed by atoms with E-state index in [1.54, 1.807) is 6.08 Å². The van der Waals surface area contributed by atoms with Gasteiger partial charge < -0.3 is 0 Å². The van der Waals surface area contributed by atoms with Crippen molar-refractivity contribution in [2.24, 2.45) is 0 Å². The summed E-state index contributed by atoms with van der Waals surface area (Å²) in [6.07, 6.45) is 9.18. The molecule has 0 amide bonds. The minimum atomic E-state index is -0.630. The molecule has 1 radical (unpaired) electrons. The smallest absolute Gasteiger partial charge is 0.199 e. The van der Waals surface area contributed by atoms with Gasteiger partial charge in [-0.3, -0.25) is 4.79 Å². The number of carbonyl (C=O) groups is 1. The zero-order chi connectivity index (χ0) is 8.81. The summed E-state index contributed by atoms with van der Waals surface area (Å²) in [5, 5.41) is 4.15. The van der Waals surface area contributed by atoms with Crippen LogP contribution in [0.3, 0.4) is 0 Å². The highest BCUT2D eigenvalue weighted by Gasteiger charge is 2.05. The molecule has 1 aliphatic heterocycles. The molecule has 0 bridgehead atoms. The third-order valence-corrected chi connectivity index (χ3v) is 3.13. The number of allylic oxidation sites excluding steroid dienone is 3. The van der Waals surface area contributed by atoms with Crippen molar-refractivity contribution in [1.29, 1.82) is 0 Å². The average Bonchev–Trinajstić information content (AvgIpc) is 2.56. The van der Waals surface area contributed by atoms with Crippen molar-refractivity contribution in [3.05, 3.63) is 42.0 Å². The maximum atomic E-state index is 11.3. The van der Waals surface area contributed by atoms with E-state index in [4.69, 9.17) is 0 Å². The van der Waals surface area contributed by atoms with E-state index in [1.807, 2.05) is 29.0 Å². The Morgan fingerprint density at radius 1 is 1.42 bits per heavy atom. The van der Waals surface area contributed by atoms with Crippen LogP contribution in [0, 0.1) is 6.92 Å². The van der Waals surface area contributed by atoms with Gasteiger partial charge in [-0.25, -0.2) is 0 Å². The molecule has 1 rings (SSSR count). The second-order valence-electron chi connectivity index (χ2n) is 2.47. The lowest BCUT2D eigenvalue weighted by Crippen LogP contribution is -1.87. The van der Waals surface area contributed by atoms with Gasteiger partial charge in [0.05, 0.1) is 0 Å². The predicted molar refractivity (Wildman–Crippen MR) is 56.0 cm³/mol. The molecule has 0 aromatic rings. The fraction of sp³-hybridized carbons (Fsp3) is 0.200. The number of unbranched alkanes of at least 4 members (excludes halogenated alkanes) is 1. The van der Waals surface area contributed by atoms with E-state index in [-0.39, 0.29) is 5.12 Å². The predicted octanol–water partition coefficient (Wildman–Crippen LogP) is 2.73. The molecule has 0 aromatic heterocycles. The Bertz CT molecular complexity index is 226. The summed E-state index contributed by atoms with van der Waals surface area (Å²) < 4.78 is 0. The topological polar surface area (TPSA) is 17.1 Å². The zero-order valence-electron chi connectivity index (χ0n) is 6.94. The molecule has 0 aromatic carbocycles. The molecule has 0 saturated carbocycles. The SMILES string of the molecule is [CH2]CCC=CC(=O)[SH]1C=CC=C1. The molecule has 65 valence electrons. The number of hydrogen-bond donors (Lipinski definition) is 1. The lowest BCUT2D eigenvalue weighted by atomic mass is 10.3. The van der Waals surface area contributed by atoms with Gasteiger partial charge in [0.25, 0.3) is 0 Å². The molecule has 0 spiro atoms. The Morgan fingerprint density at radius 3 is 2.67 bits per heavy atom. The van der Waals surface area contributed by atoms with Crippen molar-refractivity contribution in [2.45, 2.75) is 12.8 Å². The van der Waals surface area contributed by atoms with Crippen molar-refractivity contribution in [1.82, 2.24) is 0 Å². The Kier molecular flexibility index (Phi) is 3.88. The van der Waals surface area contributed by atoms with Crippen LogP contribution in [0.15, 0.2) is 35.1 Å². The maximum absolute atomic E-state index is 11.3. The van der Waals surface area contributed by atoms with Gasteiger partial charge in [0.2, 0.25) is 0 Å². The molecule has 0 saturated heterocycles. The van der Waals surface area contributed by atoms with E-state index in [1.165, 1.54) is 0 Å². The van der Waals surface area contributed by atoms with Gasteiger partial charge in [-0.2, -0.15) is 0 Å². The van der Waals surface area contributed by atoms with Gasteiger partial charge in [-0.05, 0) is 29.7 Å². The van der Waals surface area contributed by atoms with E-state index in [0.29, 0.717) is 0 Å². The molecule has 2 heteroatoms. The largest absolute Gasteiger partial charge is 0.284 e. The van der Waals surface area contributed by atoms with Gasteiger partial charge in [-0.1, -0.05) is 25.2 Å². The summed E-state index contributed by atoms with van der Waals surface area (Å²) in [7, 11) is -0.630. The van der Waals surface area contributed by atoms with Gasteiger partial charge in [0.1, 0.15) is 0 Å². The second-order valence-corrected chi connectivity index (χ2v) is 4.32. The molecule has 0 fully saturated rings. The number of carbonyl (C=O) groups excluding carboxylic acids is 1. The van der Waals surface area contributed by atoms with Crippen LogP contribution in [0.4, 0.5) is 0 Å². The molecule has 1 nitrogen and oxygen atoms in total. The number of hydrogen-bond acceptors (Lipinski definition) is 1. The summed E-state index contributed by atoms with van der Waals surface area (Å²) in [6, 6.07) is 0. The molecular formula is C10H13OS. The summed E-state index contributed by atoms with van der Waals surface area (Å²) in [4.78, 5) is 11.3. The third kappa shape index (κ3) is 2.70. The first-order chi connectivity index (χ1) is 5.84. The van der Waals surface area contributed by atoms with Crippen LogP contribution in [0.25, 0.3) is 0 Å². The fourth-order valence-corrected chi connectivity index (χ4v) is 2.11.